The fourth-order valence-electron chi connectivity index (χ4n) is 2.21. The number of nitrogens with one attached hydrogen (secondary N) is 2. The van der Waals surface area contributed by atoms with Crippen molar-refractivity contribution in [2.75, 3.05) is 45.9 Å². The fourth-order valence-corrected chi connectivity index (χ4v) is 2.21. The van der Waals surface area contributed by atoms with Gasteiger partial charge in [0.15, 0.2) is 0 Å². The molecule has 1 aliphatic rings. The van der Waals surface area contributed by atoms with Gasteiger partial charge in [-0.3, -0.25) is 4.90 Å². The van der Waals surface area contributed by atoms with E-state index < -0.39 is 5.60 Å². The molecule has 0 spiro atoms. The predicted molar refractivity (Wildman–Crippen MR) is 78.8 cm³/mol. The Morgan fingerprint density at radius 1 is 1.30 bits per heavy atom. The van der Waals surface area contributed by atoms with Gasteiger partial charge in [0.05, 0.1) is 18.8 Å². The molecule has 1 aliphatic heterocycles. The van der Waals surface area contributed by atoms with E-state index >= 15 is 0 Å². The van der Waals surface area contributed by atoms with E-state index in [9.17, 15) is 9.90 Å². The van der Waals surface area contributed by atoms with Crippen LogP contribution in [0, 0.1) is 0 Å². The molecule has 6 heteroatoms. The Bertz CT molecular complexity index is 279. The fraction of sp³-hybridized carbons (Fsp3) is 0.929. The van der Waals surface area contributed by atoms with E-state index in [-0.39, 0.29) is 12.6 Å². The van der Waals surface area contributed by atoms with Crippen molar-refractivity contribution in [3.63, 3.8) is 0 Å². The highest BCUT2D eigenvalue weighted by Gasteiger charge is 2.25. The molecule has 6 nitrogen and oxygen atoms in total. The molecule has 118 valence electrons. The molecule has 3 N–H and O–H groups in total. The molecule has 0 bridgehead atoms. The third-order valence-electron chi connectivity index (χ3n) is 3.36. The Morgan fingerprint density at radius 2 is 2.00 bits per heavy atom. The van der Waals surface area contributed by atoms with Gasteiger partial charge in [0.2, 0.25) is 0 Å². The minimum Gasteiger partial charge on any atom is -0.387 e. The standard InChI is InChI=1S/C14H29N3O3/c1-3-4-5-6-15-13(18)16-11-14(2,19)12-17-7-9-20-10-8-17/h19H,3-12H2,1-2H3,(H2,15,16,18)/t14-/m1/s1. The number of rotatable bonds is 8. The van der Waals surface area contributed by atoms with Crippen LogP contribution in [0.25, 0.3) is 0 Å². The quantitative estimate of drug-likeness (QED) is 0.570. The van der Waals surface area contributed by atoms with Crippen LogP contribution in [0.2, 0.25) is 0 Å². The number of amides is 2. The van der Waals surface area contributed by atoms with Gasteiger partial charge in [0.1, 0.15) is 0 Å². The van der Waals surface area contributed by atoms with Gasteiger partial charge in [-0.15, -0.1) is 0 Å². The molecule has 0 aliphatic carbocycles. The lowest BCUT2D eigenvalue weighted by atomic mass is 10.1. The molecule has 2 amide bonds. The predicted octanol–water partition coefficient (Wildman–Crippen LogP) is 0.559. The van der Waals surface area contributed by atoms with Crippen molar-refractivity contribution < 1.29 is 14.6 Å². The van der Waals surface area contributed by atoms with E-state index in [2.05, 4.69) is 22.5 Å². The number of unbranched alkanes of at least 4 members (excludes halogenated alkanes) is 2. The summed E-state index contributed by atoms with van der Waals surface area (Å²) in [6, 6.07) is -0.205. The molecule has 0 aromatic heterocycles. The van der Waals surface area contributed by atoms with Crippen LogP contribution in [0.15, 0.2) is 0 Å². The largest absolute Gasteiger partial charge is 0.387 e. The van der Waals surface area contributed by atoms with Crippen molar-refractivity contribution in [1.29, 1.82) is 0 Å². The van der Waals surface area contributed by atoms with Gasteiger partial charge in [-0.2, -0.15) is 0 Å². The summed E-state index contributed by atoms with van der Waals surface area (Å²) in [5, 5.41) is 15.8. The van der Waals surface area contributed by atoms with Gasteiger partial charge in [-0.1, -0.05) is 19.8 Å². The van der Waals surface area contributed by atoms with Crippen molar-refractivity contribution in [2.24, 2.45) is 0 Å². The van der Waals surface area contributed by atoms with E-state index in [1.807, 2.05) is 0 Å². The van der Waals surface area contributed by atoms with Crippen LogP contribution >= 0.6 is 0 Å². The Balaban J connectivity index is 2.15. The van der Waals surface area contributed by atoms with Gasteiger partial charge in [-0.05, 0) is 13.3 Å². The number of morpholine rings is 1. The molecule has 1 heterocycles. The lowest BCUT2D eigenvalue weighted by Gasteiger charge is -2.33. The highest BCUT2D eigenvalue weighted by atomic mass is 16.5. The average molecular weight is 287 g/mol. The number of ether oxygens (including phenoxy) is 1. The molecule has 20 heavy (non-hydrogen) atoms. The summed E-state index contributed by atoms with van der Waals surface area (Å²) in [7, 11) is 0. The Morgan fingerprint density at radius 3 is 2.65 bits per heavy atom. The zero-order chi connectivity index (χ0) is 14.8. The number of nitrogens with zero attached hydrogens (tertiary/aromatic N) is 1. The van der Waals surface area contributed by atoms with Gasteiger partial charge >= 0.3 is 6.03 Å². The summed E-state index contributed by atoms with van der Waals surface area (Å²) in [6.07, 6.45) is 3.25. The van der Waals surface area contributed by atoms with E-state index in [1.54, 1.807) is 6.92 Å². The number of aliphatic hydroxyl groups is 1. The van der Waals surface area contributed by atoms with Crippen LogP contribution in [-0.2, 0) is 4.74 Å². The first-order chi connectivity index (χ1) is 9.53. The molecule has 0 unspecified atom stereocenters. The van der Waals surface area contributed by atoms with Gasteiger partial charge in [0.25, 0.3) is 0 Å². The minimum absolute atomic E-state index is 0.205. The molecule has 1 saturated heterocycles. The van der Waals surface area contributed by atoms with Crippen molar-refractivity contribution in [1.82, 2.24) is 15.5 Å². The third kappa shape index (κ3) is 7.67. The van der Waals surface area contributed by atoms with Crippen molar-refractivity contribution in [3.05, 3.63) is 0 Å². The molecule has 1 atom stereocenters. The first-order valence-electron chi connectivity index (χ1n) is 7.58. The van der Waals surface area contributed by atoms with Crippen molar-refractivity contribution in [2.45, 2.75) is 38.7 Å². The second kappa shape index (κ2) is 9.15. The molecule has 0 aromatic rings. The van der Waals surface area contributed by atoms with Crippen molar-refractivity contribution >= 4 is 6.03 Å². The normalized spacial score (nSPS) is 19.4. The maximum atomic E-state index is 11.6. The SMILES string of the molecule is CCCCCNC(=O)NC[C@@](C)(O)CN1CCOCC1. The molecule has 1 fully saturated rings. The number of carbonyl (C=O) groups is 1. The Hall–Kier alpha value is -0.850. The van der Waals surface area contributed by atoms with Crippen LogP contribution in [0.4, 0.5) is 4.79 Å². The number of hydrogen-bond acceptors (Lipinski definition) is 4. The molecule has 1 rings (SSSR count). The lowest BCUT2D eigenvalue weighted by Crippen LogP contribution is -2.52. The monoisotopic (exact) mass is 287 g/mol. The second-order valence-corrected chi connectivity index (χ2v) is 5.70. The van der Waals surface area contributed by atoms with Crippen LogP contribution in [0.1, 0.15) is 33.1 Å². The Kier molecular flexibility index (Phi) is 7.87. The van der Waals surface area contributed by atoms with Crippen LogP contribution < -0.4 is 10.6 Å². The topological polar surface area (TPSA) is 73.8 Å². The number of β-amino-alcohol motifs (C(OH)–C–C–N with tert-alkyl or cyclic N) is 1. The molecular formula is C14H29N3O3. The van der Waals surface area contributed by atoms with Gasteiger partial charge < -0.3 is 20.5 Å². The first-order valence-corrected chi connectivity index (χ1v) is 7.58. The molecular weight excluding hydrogens is 258 g/mol. The van der Waals surface area contributed by atoms with Crippen LogP contribution in [-0.4, -0.2) is 67.6 Å². The maximum Gasteiger partial charge on any atom is 0.314 e. The number of hydrogen-bond donors (Lipinski definition) is 3. The van der Waals surface area contributed by atoms with E-state index in [0.29, 0.717) is 26.3 Å². The zero-order valence-electron chi connectivity index (χ0n) is 12.8. The molecule has 0 aromatic carbocycles. The van der Waals surface area contributed by atoms with E-state index in [0.717, 1.165) is 32.4 Å². The highest BCUT2D eigenvalue weighted by molar-refractivity contribution is 5.73. The lowest BCUT2D eigenvalue weighted by molar-refractivity contribution is -0.0206. The minimum atomic E-state index is -0.919. The summed E-state index contributed by atoms with van der Waals surface area (Å²) in [6.45, 7) is 8.45. The second-order valence-electron chi connectivity index (χ2n) is 5.70. The summed E-state index contributed by atoms with van der Waals surface area (Å²) in [5.74, 6) is 0. The first kappa shape index (κ1) is 17.2. The maximum absolute atomic E-state index is 11.6. The van der Waals surface area contributed by atoms with E-state index in [1.165, 1.54) is 0 Å². The average Bonchev–Trinajstić information content (AvgIpc) is 2.42. The summed E-state index contributed by atoms with van der Waals surface area (Å²) in [5.41, 5.74) is -0.919. The summed E-state index contributed by atoms with van der Waals surface area (Å²) < 4.78 is 5.27. The Labute approximate surface area is 121 Å². The highest BCUT2D eigenvalue weighted by Crippen LogP contribution is 2.07. The summed E-state index contributed by atoms with van der Waals surface area (Å²) >= 11 is 0. The van der Waals surface area contributed by atoms with Gasteiger partial charge in [-0.25, -0.2) is 4.79 Å². The number of urea groups is 1. The van der Waals surface area contributed by atoms with Crippen molar-refractivity contribution in [3.8, 4) is 0 Å². The van der Waals surface area contributed by atoms with Gasteiger partial charge in [0, 0.05) is 32.7 Å². The third-order valence-corrected chi connectivity index (χ3v) is 3.36. The number of carbonyl (C=O) groups excluding carboxylic acids is 1. The van der Waals surface area contributed by atoms with Crippen LogP contribution in [0.5, 0.6) is 0 Å². The molecule has 0 radical (unpaired) electrons. The smallest absolute Gasteiger partial charge is 0.314 e. The van der Waals surface area contributed by atoms with E-state index in [4.69, 9.17) is 4.74 Å². The van der Waals surface area contributed by atoms with Crippen LogP contribution in [0.3, 0.4) is 0 Å². The summed E-state index contributed by atoms with van der Waals surface area (Å²) in [4.78, 5) is 13.7. The zero-order valence-corrected chi connectivity index (χ0v) is 12.8. The molecule has 0 saturated carbocycles.